The Labute approximate surface area is 129 Å². The van der Waals surface area contributed by atoms with Crippen LogP contribution in [0.2, 0.25) is 0 Å². The Morgan fingerprint density at radius 3 is 2.50 bits per heavy atom. The first kappa shape index (κ1) is 16.1. The average molecular weight is 307 g/mol. The predicted octanol–water partition coefficient (Wildman–Crippen LogP) is 1.87. The third-order valence-electron chi connectivity index (χ3n) is 4.02. The molecule has 6 nitrogen and oxygen atoms in total. The van der Waals surface area contributed by atoms with E-state index in [9.17, 15) is 9.59 Å². The van der Waals surface area contributed by atoms with Crippen LogP contribution in [0.15, 0.2) is 18.2 Å². The Morgan fingerprint density at radius 2 is 2.00 bits per heavy atom. The first-order valence-corrected chi connectivity index (χ1v) is 7.19. The summed E-state index contributed by atoms with van der Waals surface area (Å²) in [6.45, 7) is 4.28. The summed E-state index contributed by atoms with van der Waals surface area (Å²) in [7, 11) is 3.04. The summed E-state index contributed by atoms with van der Waals surface area (Å²) in [6, 6.07) is 4.98. The van der Waals surface area contributed by atoms with Gasteiger partial charge in [-0.05, 0) is 32.4 Å². The van der Waals surface area contributed by atoms with Crippen molar-refractivity contribution in [2.24, 2.45) is 0 Å². The van der Waals surface area contributed by atoms with Gasteiger partial charge in [0.15, 0.2) is 0 Å². The predicted molar refractivity (Wildman–Crippen MR) is 80.2 cm³/mol. The fourth-order valence-electron chi connectivity index (χ4n) is 2.50. The van der Waals surface area contributed by atoms with Crippen LogP contribution in [-0.2, 0) is 9.53 Å². The van der Waals surface area contributed by atoms with E-state index in [0.717, 1.165) is 0 Å². The van der Waals surface area contributed by atoms with E-state index >= 15 is 0 Å². The molecule has 1 atom stereocenters. The molecule has 2 rings (SSSR count). The third kappa shape index (κ3) is 2.61. The zero-order valence-electron chi connectivity index (χ0n) is 13.3. The Kier molecular flexibility index (Phi) is 4.59. The molecule has 1 amide bonds. The molecule has 120 valence electrons. The third-order valence-corrected chi connectivity index (χ3v) is 4.02. The topological polar surface area (TPSA) is 65.1 Å². The maximum absolute atomic E-state index is 12.7. The van der Waals surface area contributed by atoms with Crippen LogP contribution in [0, 0.1) is 0 Å². The molecule has 1 aromatic rings. The summed E-state index contributed by atoms with van der Waals surface area (Å²) in [5.74, 6) is 0.399. The molecule has 0 aliphatic carbocycles. The molecule has 0 aromatic heterocycles. The van der Waals surface area contributed by atoms with Crippen molar-refractivity contribution in [3.63, 3.8) is 0 Å². The molecule has 0 N–H and O–H groups in total. The summed E-state index contributed by atoms with van der Waals surface area (Å²) in [6.07, 6.45) is 0.593. The summed E-state index contributed by atoms with van der Waals surface area (Å²) >= 11 is 0. The minimum absolute atomic E-state index is 0.249. The van der Waals surface area contributed by atoms with Crippen LogP contribution in [-0.4, -0.2) is 49.7 Å². The lowest BCUT2D eigenvalue weighted by Crippen LogP contribution is -2.65. The van der Waals surface area contributed by atoms with Gasteiger partial charge in [0.25, 0.3) is 5.91 Å². The van der Waals surface area contributed by atoms with Gasteiger partial charge in [0.2, 0.25) is 0 Å². The van der Waals surface area contributed by atoms with E-state index in [2.05, 4.69) is 0 Å². The van der Waals surface area contributed by atoms with Crippen molar-refractivity contribution in [1.29, 1.82) is 0 Å². The van der Waals surface area contributed by atoms with Crippen molar-refractivity contribution in [3.05, 3.63) is 23.8 Å². The lowest BCUT2D eigenvalue weighted by Gasteiger charge is -2.48. The first-order chi connectivity index (χ1) is 10.5. The number of rotatable bonds is 5. The van der Waals surface area contributed by atoms with E-state index in [1.54, 1.807) is 39.2 Å². The molecular weight excluding hydrogens is 286 g/mol. The molecule has 1 unspecified atom stereocenters. The standard InChI is InChI=1S/C16H21NO5/c1-5-22-15(19)16(2)8-9-17(16)14(18)12-7-6-11(20-3)10-13(12)21-4/h6-7,10H,5,8-9H2,1-4H3. The summed E-state index contributed by atoms with van der Waals surface area (Å²) in [4.78, 5) is 26.3. The highest BCUT2D eigenvalue weighted by molar-refractivity contribution is 6.01. The zero-order chi connectivity index (χ0) is 16.3. The second-order valence-corrected chi connectivity index (χ2v) is 5.27. The van der Waals surface area contributed by atoms with Crippen molar-refractivity contribution in [1.82, 2.24) is 4.90 Å². The zero-order valence-corrected chi connectivity index (χ0v) is 13.3. The van der Waals surface area contributed by atoms with Crippen LogP contribution in [0.5, 0.6) is 11.5 Å². The molecule has 0 bridgehead atoms. The van der Waals surface area contributed by atoms with Crippen molar-refractivity contribution in [3.8, 4) is 11.5 Å². The highest BCUT2D eigenvalue weighted by atomic mass is 16.5. The molecule has 0 radical (unpaired) electrons. The van der Waals surface area contributed by atoms with Crippen molar-refractivity contribution in [2.45, 2.75) is 25.8 Å². The van der Waals surface area contributed by atoms with Gasteiger partial charge in [-0.25, -0.2) is 4.79 Å². The van der Waals surface area contributed by atoms with Crippen molar-refractivity contribution >= 4 is 11.9 Å². The van der Waals surface area contributed by atoms with Gasteiger partial charge in [-0.3, -0.25) is 4.79 Å². The monoisotopic (exact) mass is 307 g/mol. The van der Waals surface area contributed by atoms with Gasteiger partial charge in [0, 0.05) is 12.6 Å². The Bertz CT molecular complexity index is 586. The fraction of sp³-hybridized carbons (Fsp3) is 0.500. The molecule has 0 spiro atoms. The molecule has 0 saturated carbocycles. The number of ether oxygens (including phenoxy) is 3. The Morgan fingerprint density at radius 1 is 1.27 bits per heavy atom. The molecule has 1 aliphatic heterocycles. The molecule has 1 heterocycles. The lowest BCUT2D eigenvalue weighted by molar-refractivity contribution is -0.162. The van der Waals surface area contributed by atoms with Gasteiger partial charge in [0.05, 0.1) is 26.4 Å². The van der Waals surface area contributed by atoms with Gasteiger partial charge in [-0.15, -0.1) is 0 Å². The van der Waals surface area contributed by atoms with Gasteiger partial charge >= 0.3 is 5.97 Å². The summed E-state index contributed by atoms with van der Waals surface area (Å²) in [5.41, 5.74) is -0.503. The molecule has 1 aromatic carbocycles. The smallest absolute Gasteiger partial charge is 0.331 e. The lowest BCUT2D eigenvalue weighted by atomic mass is 9.85. The Balaban J connectivity index is 2.27. The largest absolute Gasteiger partial charge is 0.497 e. The number of hydrogen-bond acceptors (Lipinski definition) is 5. The minimum atomic E-state index is -0.905. The van der Waals surface area contributed by atoms with Crippen LogP contribution in [0.4, 0.5) is 0 Å². The summed E-state index contributed by atoms with van der Waals surface area (Å²) < 4.78 is 15.5. The quantitative estimate of drug-likeness (QED) is 0.777. The number of methoxy groups -OCH3 is 2. The normalized spacial score (nSPS) is 20.1. The van der Waals surface area contributed by atoms with Crippen molar-refractivity contribution < 1.29 is 23.8 Å². The fourth-order valence-corrected chi connectivity index (χ4v) is 2.50. The minimum Gasteiger partial charge on any atom is -0.497 e. The summed E-state index contributed by atoms with van der Waals surface area (Å²) in [5, 5.41) is 0. The van der Waals surface area contributed by atoms with Crippen LogP contribution < -0.4 is 9.47 Å². The maximum Gasteiger partial charge on any atom is 0.331 e. The van der Waals surface area contributed by atoms with Gasteiger partial charge < -0.3 is 19.1 Å². The van der Waals surface area contributed by atoms with Gasteiger partial charge in [-0.2, -0.15) is 0 Å². The van der Waals surface area contributed by atoms with E-state index in [0.29, 0.717) is 36.6 Å². The second kappa shape index (κ2) is 6.25. The maximum atomic E-state index is 12.7. The SMILES string of the molecule is CCOC(=O)C1(C)CCN1C(=O)c1ccc(OC)cc1OC. The highest BCUT2D eigenvalue weighted by Crippen LogP contribution is 2.35. The van der Waals surface area contributed by atoms with Crippen LogP contribution in [0.1, 0.15) is 30.6 Å². The van der Waals surface area contributed by atoms with Crippen molar-refractivity contribution in [2.75, 3.05) is 27.4 Å². The second-order valence-electron chi connectivity index (χ2n) is 5.27. The van der Waals surface area contributed by atoms with Gasteiger partial charge in [-0.1, -0.05) is 0 Å². The molecule has 1 saturated heterocycles. The number of amides is 1. The number of hydrogen-bond donors (Lipinski definition) is 0. The number of carbonyl (C=O) groups excluding carboxylic acids is 2. The van der Waals surface area contributed by atoms with E-state index in [1.165, 1.54) is 12.0 Å². The highest BCUT2D eigenvalue weighted by Gasteiger charge is 2.51. The molecule has 6 heteroatoms. The van der Waals surface area contributed by atoms with E-state index in [4.69, 9.17) is 14.2 Å². The number of carbonyl (C=O) groups is 2. The number of benzene rings is 1. The molecule has 22 heavy (non-hydrogen) atoms. The van der Waals surface area contributed by atoms with Crippen LogP contribution in [0.25, 0.3) is 0 Å². The van der Waals surface area contributed by atoms with E-state index in [-0.39, 0.29) is 11.9 Å². The molecule has 1 aliphatic rings. The number of likely N-dealkylation sites (tertiary alicyclic amines) is 1. The number of esters is 1. The van der Waals surface area contributed by atoms with E-state index < -0.39 is 5.54 Å². The molecule has 1 fully saturated rings. The average Bonchev–Trinajstić information content (AvgIpc) is 2.52. The van der Waals surface area contributed by atoms with Gasteiger partial charge in [0.1, 0.15) is 17.0 Å². The number of nitrogens with zero attached hydrogens (tertiary/aromatic N) is 1. The first-order valence-electron chi connectivity index (χ1n) is 7.19. The Hall–Kier alpha value is -2.24. The van der Waals surface area contributed by atoms with Crippen LogP contribution in [0.3, 0.4) is 0 Å². The van der Waals surface area contributed by atoms with Crippen LogP contribution >= 0.6 is 0 Å². The van der Waals surface area contributed by atoms with E-state index in [1.807, 2.05) is 0 Å². The molecular formula is C16H21NO5.